The molecular weight excluding hydrogens is 338 g/mol. The number of nitrogens with one attached hydrogen (secondary N) is 1. The van der Waals surface area contributed by atoms with Crippen LogP contribution in [0.5, 0.6) is 17.2 Å². The van der Waals surface area contributed by atoms with E-state index in [2.05, 4.69) is 5.32 Å². The summed E-state index contributed by atoms with van der Waals surface area (Å²) in [6.45, 7) is 0.788. The Balaban J connectivity index is 1.86. The fraction of sp³-hybridized carbons (Fsp3) is 0.263. The third-order valence-corrected chi connectivity index (χ3v) is 3.98. The zero-order chi connectivity index (χ0) is 18.5. The van der Waals surface area contributed by atoms with E-state index < -0.39 is 17.9 Å². The molecule has 1 heterocycles. The van der Waals surface area contributed by atoms with Crippen molar-refractivity contribution < 1.29 is 28.9 Å². The van der Waals surface area contributed by atoms with Crippen LogP contribution in [0, 0.1) is 0 Å². The molecule has 0 radical (unpaired) electrons. The van der Waals surface area contributed by atoms with Gasteiger partial charge in [-0.05, 0) is 17.7 Å². The van der Waals surface area contributed by atoms with E-state index in [0.717, 1.165) is 0 Å². The Hall–Kier alpha value is -3.22. The van der Waals surface area contributed by atoms with Crippen molar-refractivity contribution in [2.75, 3.05) is 20.3 Å². The van der Waals surface area contributed by atoms with Crippen molar-refractivity contribution in [2.45, 2.75) is 12.5 Å². The second-order valence-electron chi connectivity index (χ2n) is 5.74. The predicted octanol–water partition coefficient (Wildman–Crippen LogP) is 2.41. The van der Waals surface area contributed by atoms with Gasteiger partial charge in [-0.15, -0.1) is 0 Å². The molecule has 0 fully saturated rings. The fourth-order valence-electron chi connectivity index (χ4n) is 2.76. The van der Waals surface area contributed by atoms with Crippen LogP contribution in [-0.4, -0.2) is 37.3 Å². The summed E-state index contributed by atoms with van der Waals surface area (Å²) < 4.78 is 16.3. The number of aliphatic carboxylic acids is 1. The Labute approximate surface area is 150 Å². The van der Waals surface area contributed by atoms with Crippen LogP contribution in [0.15, 0.2) is 42.5 Å². The number of carboxylic acids is 1. The summed E-state index contributed by atoms with van der Waals surface area (Å²) in [6, 6.07) is 11.4. The Morgan fingerprint density at radius 3 is 2.62 bits per heavy atom. The van der Waals surface area contributed by atoms with Gasteiger partial charge in [0.1, 0.15) is 13.2 Å². The van der Waals surface area contributed by atoms with E-state index in [4.69, 9.17) is 19.3 Å². The molecule has 7 nitrogen and oxygen atoms in total. The van der Waals surface area contributed by atoms with Crippen molar-refractivity contribution in [1.82, 2.24) is 5.32 Å². The van der Waals surface area contributed by atoms with E-state index in [1.54, 1.807) is 36.4 Å². The molecule has 1 aliphatic heterocycles. The largest absolute Gasteiger partial charge is 0.493 e. The van der Waals surface area contributed by atoms with Gasteiger partial charge in [0.05, 0.1) is 19.6 Å². The highest BCUT2D eigenvalue weighted by Gasteiger charge is 2.23. The van der Waals surface area contributed by atoms with Crippen LogP contribution in [0.25, 0.3) is 0 Å². The number of methoxy groups -OCH3 is 1. The number of carbonyl (C=O) groups is 2. The van der Waals surface area contributed by atoms with Crippen LogP contribution < -0.4 is 19.5 Å². The van der Waals surface area contributed by atoms with E-state index in [9.17, 15) is 9.59 Å². The summed E-state index contributed by atoms with van der Waals surface area (Å²) in [4.78, 5) is 23.9. The monoisotopic (exact) mass is 357 g/mol. The lowest BCUT2D eigenvalue weighted by molar-refractivity contribution is -0.137. The van der Waals surface area contributed by atoms with Gasteiger partial charge in [0, 0.05) is 5.56 Å². The molecule has 0 spiro atoms. The molecule has 2 aromatic rings. The van der Waals surface area contributed by atoms with Gasteiger partial charge in [0.2, 0.25) is 5.75 Å². The first-order chi connectivity index (χ1) is 12.6. The van der Waals surface area contributed by atoms with Crippen molar-refractivity contribution in [3.05, 3.63) is 53.6 Å². The van der Waals surface area contributed by atoms with Crippen LogP contribution >= 0.6 is 0 Å². The van der Waals surface area contributed by atoms with Crippen molar-refractivity contribution in [3.8, 4) is 17.2 Å². The molecular formula is C19H19NO6. The topological polar surface area (TPSA) is 94.1 Å². The highest BCUT2D eigenvalue weighted by Crippen LogP contribution is 2.40. The number of amides is 1. The Morgan fingerprint density at radius 2 is 1.92 bits per heavy atom. The maximum atomic E-state index is 12.7. The molecule has 0 aliphatic carbocycles. The van der Waals surface area contributed by atoms with E-state index in [1.165, 1.54) is 7.11 Å². The summed E-state index contributed by atoms with van der Waals surface area (Å²) in [6.07, 6.45) is -0.225. The van der Waals surface area contributed by atoms with E-state index >= 15 is 0 Å². The summed E-state index contributed by atoms with van der Waals surface area (Å²) in [5.74, 6) is -0.146. The number of fused-ring (bicyclic) bond motifs is 1. The van der Waals surface area contributed by atoms with Gasteiger partial charge in [0.15, 0.2) is 11.5 Å². The minimum Gasteiger partial charge on any atom is -0.493 e. The summed E-state index contributed by atoms with van der Waals surface area (Å²) >= 11 is 0. The molecule has 0 aromatic heterocycles. The highest BCUT2D eigenvalue weighted by molar-refractivity contribution is 5.96. The van der Waals surface area contributed by atoms with Crippen LogP contribution in [0.2, 0.25) is 0 Å². The minimum absolute atomic E-state index is 0.225. The van der Waals surface area contributed by atoms with E-state index in [0.29, 0.717) is 41.6 Å². The third-order valence-electron chi connectivity index (χ3n) is 3.98. The molecule has 0 bridgehead atoms. The number of rotatable bonds is 6. The smallest absolute Gasteiger partial charge is 0.305 e. The quantitative estimate of drug-likeness (QED) is 0.825. The second kappa shape index (κ2) is 7.77. The zero-order valence-electron chi connectivity index (χ0n) is 14.2. The molecule has 26 heavy (non-hydrogen) atoms. The van der Waals surface area contributed by atoms with Gasteiger partial charge in [-0.1, -0.05) is 30.3 Å². The standard InChI is InChI=1S/C19H19NO6/c1-24-15-9-13(10-16-18(15)26-8-7-25-16)19(23)20-14(11-17(21)22)12-5-3-2-4-6-12/h2-6,9-10,14H,7-8,11H2,1H3,(H,20,23)(H,21,22)/t14-/m0/s1. The molecule has 0 unspecified atom stereocenters. The Morgan fingerprint density at radius 1 is 1.19 bits per heavy atom. The van der Waals surface area contributed by atoms with Crippen LogP contribution in [-0.2, 0) is 4.79 Å². The van der Waals surface area contributed by atoms with Gasteiger partial charge in [-0.3, -0.25) is 9.59 Å². The van der Waals surface area contributed by atoms with Crippen molar-refractivity contribution in [1.29, 1.82) is 0 Å². The maximum Gasteiger partial charge on any atom is 0.305 e. The van der Waals surface area contributed by atoms with Crippen molar-refractivity contribution in [3.63, 3.8) is 0 Å². The molecule has 2 aromatic carbocycles. The molecule has 7 heteroatoms. The number of hydrogen-bond acceptors (Lipinski definition) is 5. The van der Waals surface area contributed by atoms with Crippen molar-refractivity contribution in [2.24, 2.45) is 0 Å². The van der Waals surface area contributed by atoms with E-state index in [1.807, 2.05) is 6.07 Å². The lowest BCUT2D eigenvalue weighted by Gasteiger charge is -2.22. The van der Waals surface area contributed by atoms with Crippen LogP contribution in [0.4, 0.5) is 0 Å². The molecule has 1 amide bonds. The lowest BCUT2D eigenvalue weighted by Crippen LogP contribution is -2.30. The third kappa shape index (κ3) is 3.88. The number of ether oxygens (including phenoxy) is 3. The Bertz CT molecular complexity index is 788. The van der Waals surface area contributed by atoms with Crippen molar-refractivity contribution >= 4 is 11.9 Å². The zero-order valence-corrected chi connectivity index (χ0v) is 14.2. The number of benzene rings is 2. The summed E-state index contributed by atoms with van der Waals surface area (Å²) in [7, 11) is 1.48. The molecule has 1 aliphatic rings. The summed E-state index contributed by atoms with van der Waals surface area (Å²) in [5.41, 5.74) is 1.02. The van der Waals surface area contributed by atoms with Crippen LogP contribution in [0.3, 0.4) is 0 Å². The van der Waals surface area contributed by atoms with E-state index in [-0.39, 0.29) is 6.42 Å². The maximum absolute atomic E-state index is 12.7. The second-order valence-corrected chi connectivity index (χ2v) is 5.74. The fourth-order valence-corrected chi connectivity index (χ4v) is 2.76. The molecule has 136 valence electrons. The first-order valence-corrected chi connectivity index (χ1v) is 8.13. The normalized spacial score (nSPS) is 13.6. The minimum atomic E-state index is -1.00. The Kier molecular flexibility index (Phi) is 5.26. The van der Waals surface area contributed by atoms with Gasteiger partial charge in [-0.2, -0.15) is 0 Å². The first-order valence-electron chi connectivity index (χ1n) is 8.13. The predicted molar refractivity (Wildman–Crippen MR) is 92.9 cm³/mol. The molecule has 2 N–H and O–H groups in total. The summed E-state index contributed by atoms with van der Waals surface area (Å²) in [5, 5.41) is 11.9. The number of hydrogen-bond donors (Lipinski definition) is 2. The van der Waals surface area contributed by atoms with Crippen LogP contribution in [0.1, 0.15) is 28.4 Å². The highest BCUT2D eigenvalue weighted by atomic mass is 16.6. The van der Waals surface area contributed by atoms with Gasteiger partial charge in [0.25, 0.3) is 5.91 Å². The van der Waals surface area contributed by atoms with Gasteiger partial charge in [-0.25, -0.2) is 0 Å². The average molecular weight is 357 g/mol. The van der Waals surface area contributed by atoms with Gasteiger partial charge < -0.3 is 24.6 Å². The number of carboxylic acid groups (broad SMARTS) is 1. The van der Waals surface area contributed by atoms with Gasteiger partial charge >= 0.3 is 5.97 Å². The molecule has 0 saturated heterocycles. The molecule has 1 atom stereocenters. The average Bonchev–Trinajstić information content (AvgIpc) is 2.66. The SMILES string of the molecule is COc1cc(C(=O)N[C@@H](CC(=O)O)c2ccccc2)cc2c1OCCO2. The molecule has 3 rings (SSSR count). The number of carbonyl (C=O) groups excluding carboxylic acids is 1. The molecule has 0 saturated carbocycles. The first kappa shape index (κ1) is 17.6. The lowest BCUT2D eigenvalue weighted by atomic mass is 10.0.